The van der Waals surface area contributed by atoms with Crippen molar-refractivity contribution in [2.24, 2.45) is 0 Å². The van der Waals surface area contributed by atoms with Crippen LogP contribution in [0.1, 0.15) is 21.7 Å². The van der Waals surface area contributed by atoms with Crippen molar-refractivity contribution in [1.82, 2.24) is 10.5 Å². The lowest BCUT2D eigenvalue weighted by atomic mass is 10.1. The standard InChI is InChI=1S/C17H15FN2O3/c1-11-15(16(20-23-11)14-3-2-10-22-14)17(21)19-9-8-12-4-6-13(18)7-5-12/h2-7,10H,8-9H2,1H3,(H,19,21). The summed E-state index contributed by atoms with van der Waals surface area (Å²) in [7, 11) is 0. The van der Waals surface area contributed by atoms with E-state index in [0.29, 0.717) is 35.7 Å². The van der Waals surface area contributed by atoms with E-state index in [1.54, 1.807) is 31.2 Å². The Kier molecular flexibility index (Phi) is 4.23. The lowest BCUT2D eigenvalue weighted by Crippen LogP contribution is -2.26. The number of aryl methyl sites for hydroxylation is 1. The fourth-order valence-electron chi connectivity index (χ4n) is 2.28. The SMILES string of the molecule is Cc1onc(-c2ccco2)c1C(=O)NCCc1ccc(F)cc1. The minimum atomic E-state index is -0.280. The highest BCUT2D eigenvalue weighted by Crippen LogP contribution is 2.25. The Balaban J connectivity index is 1.67. The van der Waals surface area contributed by atoms with Crippen molar-refractivity contribution in [3.8, 4) is 11.5 Å². The van der Waals surface area contributed by atoms with Gasteiger partial charge in [-0.3, -0.25) is 4.79 Å². The minimum absolute atomic E-state index is 0.277. The zero-order valence-corrected chi connectivity index (χ0v) is 12.5. The maximum absolute atomic E-state index is 12.9. The maximum Gasteiger partial charge on any atom is 0.257 e. The number of rotatable bonds is 5. The first-order valence-electron chi connectivity index (χ1n) is 7.18. The van der Waals surface area contributed by atoms with Gasteiger partial charge in [-0.2, -0.15) is 0 Å². The Morgan fingerprint density at radius 3 is 2.74 bits per heavy atom. The zero-order valence-electron chi connectivity index (χ0n) is 12.5. The fourth-order valence-corrected chi connectivity index (χ4v) is 2.28. The predicted octanol–water partition coefficient (Wildman–Crippen LogP) is 3.35. The van der Waals surface area contributed by atoms with Crippen LogP contribution in [-0.2, 0) is 6.42 Å². The Labute approximate surface area is 132 Å². The van der Waals surface area contributed by atoms with Crippen LogP contribution in [0.15, 0.2) is 51.6 Å². The molecule has 0 aliphatic heterocycles. The van der Waals surface area contributed by atoms with Gasteiger partial charge in [0.05, 0.1) is 6.26 Å². The number of nitrogens with one attached hydrogen (secondary N) is 1. The predicted molar refractivity (Wildman–Crippen MR) is 81.4 cm³/mol. The Hall–Kier alpha value is -2.89. The smallest absolute Gasteiger partial charge is 0.257 e. The molecule has 3 rings (SSSR count). The number of benzene rings is 1. The van der Waals surface area contributed by atoms with Crippen LogP contribution < -0.4 is 5.32 Å². The summed E-state index contributed by atoms with van der Waals surface area (Å²) in [6, 6.07) is 9.62. The van der Waals surface area contributed by atoms with Crippen molar-refractivity contribution in [2.45, 2.75) is 13.3 Å². The number of aromatic nitrogens is 1. The normalized spacial score (nSPS) is 10.7. The highest BCUT2D eigenvalue weighted by atomic mass is 19.1. The van der Waals surface area contributed by atoms with E-state index in [9.17, 15) is 9.18 Å². The summed E-state index contributed by atoms with van der Waals surface area (Å²) in [6.07, 6.45) is 2.11. The van der Waals surface area contributed by atoms with Gasteiger partial charge in [0.25, 0.3) is 5.91 Å². The Morgan fingerprint density at radius 1 is 1.26 bits per heavy atom. The number of hydrogen-bond donors (Lipinski definition) is 1. The quantitative estimate of drug-likeness (QED) is 0.784. The summed E-state index contributed by atoms with van der Waals surface area (Å²) < 4.78 is 23.2. The molecule has 118 valence electrons. The van der Waals surface area contributed by atoms with E-state index in [-0.39, 0.29) is 11.7 Å². The summed E-state index contributed by atoms with van der Waals surface area (Å²) in [5.41, 5.74) is 1.69. The van der Waals surface area contributed by atoms with E-state index in [2.05, 4.69) is 10.5 Å². The first-order valence-corrected chi connectivity index (χ1v) is 7.18. The molecule has 0 radical (unpaired) electrons. The molecular weight excluding hydrogens is 299 g/mol. The number of carbonyl (C=O) groups is 1. The topological polar surface area (TPSA) is 68.3 Å². The van der Waals surface area contributed by atoms with Gasteiger partial charge in [0.2, 0.25) is 0 Å². The van der Waals surface area contributed by atoms with Gasteiger partial charge in [-0.25, -0.2) is 4.39 Å². The van der Waals surface area contributed by atoms with Crippen molar-refractivity contribution in [3.63, 3.8) is 0 Å². The summed E-state index contributed by atoms with van der Waals surface area (Å²) >= 11 is 0. The highest BCUT2D eigenvalue weighted by molar-refractivity contribution is 6.00. The third-order valence-corrected chi connectivity index (χ3v) is 3.46. The van der Waals surface area contributed by atoms with Crippen LogP contribution in [0.25, 0.3) is 11.5 Å². The lowest BCUT2D eigenvalue weighted by molar-refractivity contribution is 0.0953. The molecule has 0 saturated heterocycles. The van der Waals surface area contributed by atoms with Crippen molar-refractivity contribution in [3.05, 3.63) is 65.4 Å². The number of hydrogen-bond acceptors (Lipinski definition) is 4. The number of nitrogens with zero attached hydrogens (tertiary/aromatic N) is 1. The maximum atomic E-state index is 12.9. The van der Waals surface area contributed by atoms with E-state index in [1.165, 1.54) is 18.4 Å². The van der Waals surface area contributed by atoms with Gasteiger partial charge in [-0.1, -0.05) is 17.3 Å². The van der Waals surface area contributed by atoms with Gasteiger partial charge in [0.1, 0.15) is 17.1 Å². The molecular formula is C17H15FN2O3. The van der Waals surface area contributed by atoms with Gasteiger partial charge in [0, 0.05) is 6.54 Å². The average Bonchev–Trinajstić information content (AvgIpc) is 3.18. The third-order valence-electron chi connectivity index (χ3n) is 3.46. The summed E-state index contributed by atoms with van der Waals surface area (Å²) in [5.74, 6) is 0.347. The zero-order chi connectivity index (χ0) is 16.2. The summed E-state index contributed by atoms with van der Waals surface area (Å²) in [5, 5.41) is 6.70. The first-order chi connectivity index (χ1) is 11.1. The van der Waals surface area contributed by atoms with Crippen molar-refractivity contribution < 1.29 is 18.1 Å². The molecule has 0 bridgehead atoms. The molecule has 1 amide bonds. The van der Waals surface area contributed by atoms with Crippen LogP contribution in [0.2, 0.25) is 0 Å². The van der Waals surface area contributed by atoms with Crippen molar-refractivity contribution in [1.29, 1.82) is 0 Å². The van der Waals surface area contributed by atoms with E-state index >= 15 is 0 Å². The van der Waals surface area contributed by atoms with Crippen LogP contribution in [0.4, 0.5) is 4.39 Å². The molecule has 6 heteroatoms. The highest BCUT2D eigenvalue weighted by Gasteiger charge is 2.22. The van der Waals surface area contributed by atoms with Gasteiger partial charge in [0.15, 0.2) is 11.5 Å². The second-order valence-electron chi connectivity index (χ2n) is 5.07. The lowest BCUT2D eigenvalue weighted by Gasteiger charge is -2.05. The van der Waals surface area contributed by atoms with E-state index in [0.717, 1.165) is 5.56 Å². The monoisotopic (exact) mass is 314 g/mol. The Bertz CT molecular complexity index is 792. The number of halogens is 1. The summed E-state index contributed by atoms with van der Waals surface area (Å²) in [6.45, 7) is 2.10. The molecule has 1 N–H and O–H groups in total. The molecule has 0 fully saturated rings. The number of amides is 1. The number of carbonyl (C=O) groups excluding carboxylic acids is 1. The molecule has 0 atom stereocenters. The first kappa shape index (κ1) is 15.0. The molecule has 0 aliphatic rings. The van der Waals surface area contributed by atoms with Crippen LogP contribution in [0.3, 0.4) is 0 Å². The molecule has 23 heavy (non-hydrogen) atoms. The van der Waals surface area contributed by atoms with Gasteiger partial charge < -0.3 is 14.3 Å². The fraction of sp³-hybridized carbons (Fsp3) is 0.176. The molecule has 1 aromatic carbocycles. The minimum Gasteiger partial charge on any atom is -0.463 e. The van der Waals surface area contributed by atoms with Gasteiger partial charge in [-0.05, 0) is 43.2 Å². The van der Waals surface area contributed by atoms with Gasteiger partial charge >= 0.3 is 0 Å². The van der Waals surface area contributed by atoms with Crippen molar-refractivity contribution in [2.75, 3.05) is 6.54 Å². The molecule has 2 aromatic heterocycles. The molecule has 0 aliphatic carbocycles. The Morgan fingerprint density at radius 2 is 2.04 bits per heavy atom. The van der Waals surface area contributed by atoms with Crippen LogP contribution >= 0.6 is 0 Å². The molecule has 0 saturated carbocycles. The third kappa shape index (κ3) is 3.31. The van der Waals surface area contributed by atoms with Crippen LogP contribution in [0, 0.1) is 12.7 Å². The van der Waals surface area contributed by atoms with E-state index in [4.69, 9.17) is 8.94 Å². The molecule has 5 nitrogen and oxygen atoms in total. The average molecular weight is 314 g/mol. The molecule has 0 unspecified atom stereocenters. The van der Waals surface area contributed by atoms with E-state index < -0.39 is 0 Å². The molecule has 2 heterocycles. The summed E-state index contributed by atoms with van der Waals surface area (Å²) in [4.78, 5) is 12.4. The van der Waals surface area contributed by atoms with E-state index in [1.807, 2.05) is 0 Å². The molecule has 0 spiro atoms. The molecule has 3 aromatic rings. The largest absolute Gasteiger partial charge is 0.463 e. The van der Waals surface area contributed by atoms with Crippen LogP contribution in [-0.4, -0.2) is 17.6 Å². The van der Waals surface area contributed by atoms with Crippen molar-refractivity contribution >= 4 is 5.91 Å². The second kappa shape index (κ2) is 6.48. The number of furan rings is 1. The van der Waals surface area contributed by atoms with Crippen LogP contribution in [0.5, 0.6) is 0 Å². The second-order valence-corrected chi connectivity index (χ2v) is 5.07. The van der Waals surface area contributed by atoms with Gasteiger partial charge in [-0.15, -0.1) is 0 Å².